The Hall–Kier alpha value is -2.72. The number of hydrogen-bond donors (Lipinski definition) is 2. The smallest absolute Gasteiger partial charge is 0.318 e. The molecular formula is C15H15N3O6S. The molecule has 0 aromatic heterocycles. The van der Waals surface area contributed by atoms with Crippen molar-refractivity contribution in [2.75, 3.05) is 13.1 Å². The summed E-state index contributed by atoms with van der Waals surface area (Å²) < 4.78 is 31.9. The minimum atomic E-state index is -4.35. The summed E-state index contributed by atoms with van der Waals surface area (Å²) in [4.78, 5) is 24.5. The molecule has 1 aliphatic carbocycles. The minimum Gasteiger partial charge on any atom is -0.336 e. The van der Waals surface area contributed by atoms with Crippen LogP contribution < -0.4 is 5.32 Å². The normalized spacial score (nSPS) is 25.9. The van der Waals surface area contributed by atoms with Crippen molar-refractivity contribution < 1.29 is 22.7 Å². The Morgan fingerprint density at radius 1 is 1.28 bits per heavy atom. The number of para-hydroxylation sites is 1. The summed E-state index contributed by atoms with van der Waals surface area (Å²) in [6.45, 7) is 0.653. The van der Waals surface area contributed by atoms with Crippen molar-refractivity contribution in [3.05, 3.63) is 64.2 Å². The van der Waals surface area contributed by atoms with Crippen molar-refractivity contribution in [3.63, 3.8) is 0 Å². The number of carbonyl (C=O) groups excluding carboxylic acids is 1. The summed E-state index contributed by atoms with van der Waals surface area (Å²) in [7, 11) is -4.35. The van der Waals surface area contributed by atoms with Gasteiger partial charge in [0.05, 0.1) is 10.5 Å². The van der Waals surface area contributed by atoms with Gasteiger partial charge in [-0.3, -0.25) is 14.7 Å². The average Bonchev–Trinajstić information content (AvgIpc) is 3.00. The lowest BCUT2D eigenvalue weighted by molar-refractivity contribution is -0.386. The van der Waals surface area contributed by atoms with Crippen molar-refractivity contribution in [1.29, 1.82) is 0 Å². The van der Waals surface area contributed by atoms with Crippen LogP contribution in [0, 0.1) is 10.1 Å². The second-order valence-corrected chi connectivity index (χ2v) is 7.26. The van der Waals surface area contributed by atoms with E-state index < -0.39 is 31.9 Å². The largest absolute Gasteiger partial charge is 0.336 e. The van der Waals surface area contributed by atoms with E-state index in [0.717, 1.165) is 0 Å². The zero-order valence-corrected chi connectivity index (χ0v) is 13.7. The molecule has 2 N–H and O–H groups in total. The highest BCUT2D eigenvalue weighted by Gasteiger charge is 2.45. The number of urea groups is 1. The SMILES string of the molecule is O=C1NCCN1C1(c2ccccc2[N+](=O)[O-])C=CC(S(=O)(=O)O)C=C1. The fourth-order valence-corrected chi connectivity index (χ4v) is 3.66. The Morgan fingerprint density at radius 2 is 1.92 bits per heavy atom. The van der Waals surface area contributed by atoms with Crippen LogP contribution >= 0.6 is 0 Å². The van der Waals surface area contributed by atoms with Crippen LogP contribution in [0.15, 0.2) is 48.6 Å². The fourth-order valence-electron chi connectivity index (χ4n) is 3.10. The first kappa shape index (κ1) is 17.1. The first-order valence-electron chi connectivity index (χ1n) is 7.40. The molecular weight excluding hydrogens is 350 g/mol. The number of nitrogens with one attached hydrogen (secondary N) is 1. The van der Waals surface area contributed by atoms with E-state index in [9.17, 15) is 27.9 Å². The van der Waals surface area contributed by atoms with E-state index in [1.54, 1.807) is 6.07 Å². The average molecular weight is 365 g/mol. The van der Waals surface area contributed by atoms with E-state index in [1.807, 2.05) is 0 Å². The van der Waals surface area contributed by atoms with Crippen LogP contribution in [-0.2, 0) is 15.7 Å². The predicted octanol–water partition coefficient (Wildman–Crippen LogP) is 1.20. The molecule has 1 saturated heterocycles. The Balaban J connectivity index is 2.18. The van der Waals surface area contributed by atoms with E-state index in [2.05, 4.69) is 5.32 Å². The lowest BCUT2D eigenvalue weighted by atomic mass is 9.83. The third kappa shape index (κ3) is 2.89. The molecule has 0 radical (unpaired) electrons. The number of benzene rings is 1. The van der Waals surface area contributed by atoms with Gasteiger partial charge in [-0.25, -0.2) is 4.79 Å². The molecule has 25 heavy (non-hydrogen) atoms. The van der Waals surface area contributed by atoms with E-state index in [1.165, 1.54) is 47.4 Å². The number of nitro benzene ring substituents is 1. The summed E-state index contributed by atoms with van der Waals surface area (Å²) in [5.74, 6) is 0. The standard InChI is InChI=1S/C15H15N3O6S/c19-14-16-9-10-17(14)15(7-5-11(6-8-15)25(22,23)24)12-3-1-2-4-13(12)18(20)21/h1-8,11H,9-10H2,(H,16,19)(H,22,23,24). The first-order valence-corrected chi connectivity index (χ1v) is 8.90. The number of nitrogens with zero attached hydrogens (tertiary/aromatic N) is 2. The number of carbonyl (C=O) groups is 1. The van der Waals surface area contributed by atoms with E-state index >= 15 is 0 Å². The molecule has 1 aromatic carbocycles. The molecule has 2 aliphatic rings. The van der Waals surface area contributed by atoms with Crippen molar-refractivity contribution in [1.82, 2.24) is 10.2 Å². The van der Waals surface area contributed by atoms with Gasteiger partial charge in [0, 0.05) is 19.2 Å². The molecule has 1 heterocycles. The van der Waals surface area contributed by atoms with Crippen molar-refractivity contribution in [3.8, 4) is 0 Å². The zero-order chi connectivity index (χ0) is 18.2. The van der Waals surface area contributed by atoms with Gasteiger partial charge < -0.3 is 10.2 Å². The Labute approximate surface area is 143 Å². The van der Waals surface area contributed by atoms with Gasteiger partial charge in [0.1, 0.15) is 10.8 Å². The zero-order valence-electron chi connectivity index (χ0n) is 12.9. The number of nitro groups is 1. The number of hydrogen-bond acceptors (Lipinski definition) is 5. The van der Waals surface area contributed by atoms with Crippen LogP contribution in [0.1, 0.15) is 5.56 Å². The summed E-state index contributed by atoms with van der Waals surface area (Å²) in [5.41, 5.74) is -1.27. The van der Waals surface area contributed by atoms with Gasteiger partial charge in [-0.05, 0) is 6.07 Å². The van der Waals surface area contributed by atoms with Gasteiger partial charge in [-0.15, -0.1) is 0 Å². The number of rotatable bonds is 4. The molecule has 0 unspecified atom stereocenters. The molecule has 1 aromatic rings. The maximum atomic E-state index is 12.2. The van der Waals surface area contributed by atoms with Crippen molar-refractivity contribution in [2.24, 2.45) is 0 Å². The minimum absolute atomic E-state index is 0.193. The second-order valence-electron chi connectivity index (χ2n) is 5.68. The molecule has 0 atom stereocenters. The van der Waals surface area contributed by atoms with E-state index in [-0.39, 0.29) is 17.8 Å². The quantitative estimate of drug-likeness (QED) is 0.357. The Morgan fingerprint density at radius 3 is 2.44 bits per heavy atom. The highest BCUT2D eigenvalue weighted by atomic mass is 32.2. The highest BCUT2D eigenvalue weighted by Crippen LogP contribution is 2.40. The molecule has 0 bridgehead atoms. The summed E-state index contributed by atoms with van der Waals surface area (Å²) in [6.07, 6.45) is 5.24. The highest BCUT2D eigenvalue weighted by molar-refractivity contribution is 7.86. The molecule has 0 spiro atoms. The van der Waals surface area contributed by atoms with Crippen LogP contribution in [-0.4, -0.2) is 47.2 Å². The van der Waals surface area contributed by atoms with Gasteiger partial charge in [0.2, 0.25) is 0 Å². The molecule has 9 nitrogen and oxygen atoms in total. The summed E-state index contributed by atoms with van der Waals surface area (Å²) >= 11 is 0. The Kier molecular flexibility index (Phi) is 4.09. The fraction of sp³-hybridized carbons (Fsp3) is 0.267. The summed E-state index contributed by atoms with van der Waals surface area (Å²) in [6, 6.07) is 5.54. The van der Waals surface area contributed by atoms with Crippen LogP contribution in [0.2, 0.25) is 0 Å². The van der Waals surface area contributed by atoms with Gasteiger partial charge in [0.25, 0.3) is 15.8 Å². The Bertz CT molecular complexity index is 878. The van der Waals surface area contributed by atoms with E-state index in [0.29, 0.717) is 6.54 Å². The monoisotopic (exact) mass is 365 g/mol. The van der Waals surface area contributed by atoms with Crippen LogP contribution in [0.5, 0.6) is 0 Å². The summed E-state index contributed by atoms with van der Waals surface area (Å²) in [5, 5.41) is 12.8. The van der Waals surface area contributed by atoms with Crippen LogP contribution in [0.25, 0.3) is 0 Å². The lowest BCUT2D eigenvalue weighted by Crippen LogP contribution is -2.47. The van der Waals surface area contributed by atoms with Gasteiger partial charge in [-0.2, -0.15) is 8.42 Å². The van der Waals surface area contributed by atoms with E-state index in [4.69, 9.17) is 0 Å². The molecule has 132 valence electrons. The molecule has 2 amide bonds. The predicted molar refractivity (Wildman–Crippen MR) is 88.5 cm³/mol. The molecule has 3 rings (SSSR count). The molecule has 10 heteroatoms. The number of amides is 2. The van der Waals surface area contributed by atoms with Gasteiger partial charge in [-0.1, -0.05) is 36.4 Å². The second kappa shape index (κ2) is 5.97. The van der Waals surface area contributed by atoms with Gasteiger partial charge in [0.15, 0.2) is 0 Å². The lowest BCUT2D eigenvalue weighted by Gasteiger charge is -2.38. The van der Waals surface area contributed by atoms with Crippen LogP contribution in [0.3, 0.4) is 0 Å². The van der Waals surface area contributed by atoms with Crippen LogP contribution in [0.4, 0.5) is 10.5 Å². The third-order valence-corrected chi connectivity index (χ3v) is 5.26. The maximum Gasteiger partial charge on any atom is 0.318 e. The topological polar surface area (TPSA) is 130 Å². The van der Waals surface area contributed by atoms with Crippen molar-refractivity contribution in [2.45, 2.75) is 10.8 Å². The third-order valence-electron chi connectivity index (χ3n) is 4.26. The molecule has 0 saturated carbocycles. The molecule has 1 aliphatic heterocycles. The first-order chi connectivity index (χ1) is 11.8. The molecule has 1 fully saturated rings. The van der Waals surface area contributed by atoms with Gasteiger partial charge >= 0.3 is 6.03 Å². The maximum absolute atomic E-state index is 12.2. The van der Waals surface area contributed by atoms with Crippen molar-refractivity contribution >= 4 is 21.8 Å².